The normalized spacial score (nSPS) is 25.3. The van der Waals surface area contributed by atoms with E-state index in [9.17, 15) is 8.42 Å². The smallest absolute Gasteiger partial charge is 0.216 e. The van der Waals surface area contributed by atoms with E-state index in [2.05, 4.69) is 41.4 Å². The number of ether oxygens (including phenoxy) is 1. The Morgan fingerprint density at radius 3 is 2.62 bits per heavy atom. The monoisotopic (exact) mass is 576 g/mol. The Hall–Kier alpha value is -0.910. The van der Waals surface area contributed by atoms with Crippen LogP contribution in [0.2, 0.25) is 0 Å². The van der Waals surface area contributed by atoms with Crippen molar-refractivity contribution in [1.29, 1.82) is 0 Å². The van der Waals surface area contributed by atoms with Crippen LogP contribution >= 0.6 is 24.0 Å². The number of aliphatic imine (C=N–C) groups is 1. The highest BCUT2D eigenvalue weighted by Gasteiger charge is 2.55. The average Bonchev–Trinajstić information content (AvgIpc) is 3.28. The van der Waals surface area contributed by atoms with Gasteiger partial charge < -0.3 is 15.0 Å². The molecule has 2 fully saturated rings. The van der Waals surface area contributed by atoms with Crippen molar-refractivity contribution in [1.82, 2.24) is 14.5 Å². The molecule has 3 aliphatic rings. The molecule has 3 atom stereocenters. The van der Waals surface area contributed by atoms with Gasteiger partial charge in [-0.3, -0.25) is 4.99 Å². The molecule has 0 spiro atoms. The van der Waals surface area contributed by atoms with Gasteiger partial charge in [-0.15, -0.1) is 24.0 Å². The SMILES string of the molecule is CCNC(=NCC1C2Cc3ccccc3C12)N1CCN(S(=O)(=O)CCOC(C)C)CC1.I. The summed E-state index contributed by atoms with van der Waals surface area (Å²) >= 11 is 0. The van der Waals surface area contributed by atoms with E-state index < -0.39 is 10.0 Å². The number of nitrogens with one attached hydrogen (secondary N) is 1. The molecule has 180 valence electrons. The Balaban J connectivity index is 0.00000289. The second kappa shape index (κ2) is 11.0. The van der Waals surface area contributed by atoms with Crippen molar-refractivity contribution in [3.05, 3.63) is 35.4 Å². The first-order chi connectivity index (χ1) is 14.9. The van der Waals surface area contributed by atoms with Crippen LogP contribution < -0.4 is 5.32 Å². The number of guanidine groups is 1. The number of benzene rings is 1. The maximum atomic E-state index is 12.6. The first-order valence-electron chi connectivity index (χ1n) is 11.6. The van der Waals surface area contributed by atoms with Gasteiger partial charge in [0.15, 0.2) is 5.96 Å². The topological polar surface area (TPSA) is 74.2 Å². The van der Waals surface area contributed by atoms with E-state index in [1.54, 1.807) is 4.31 Å². The third-order valence-electron chi connectivity index (χ3n) is 6.71. The number of sulfonamides is 1. The molecule has 0 aromatic heterocycles. The van der Waals surface area contributed by atoms with Gasteiger partial charge >= 0.3 is 0 Å². The van der Waals surface area contributed by atoms with Crippen molar-refractivity contribution in [3.63, 3.8) is 0 Å². The molecule has 1 aromatic carbocycles. The number of hydrogen-bond donors (Lipinski definition) is 1. The molecule has 7 nitrogen and oxygen atoms in total. The highest BCUT2D eigenvalue weighted by atomic mass is 127. The number of piperazine rings is 1. The zero-order valence-electron chi connectivity index (χ0n) is 19.4. The van der Waals surface area contributed by atoms with Gasteiger partial charge in [0.05, 0.1) is 18.5 Å². The fourth-order valence-electron chi connectivity index (χ4n) is 5.05. The predicted molar refractivity (Wildman–Crippen MR) is 139 cm³/mol. The van der Waals surface area contributed by atoms with E-state index in [4.69, 9.17) is 9.73 Å². The van der Waals surface area contributed by atoms with Crippen LogP contribution in [0.5, 0.6) is 0 Å². The van der Waals surface area contributed by atoms with Crippen LogP contribution in [0.3, 0.4) is 0 Å². The van der Waals surface area contributed by atoms with Crippen LogP contribution in [0.25, 0.3) is 0 Å². The van der Waals surface area contributed by atoms with Crippen molar-refractivity contribution < 1.29 is 13.2 Å². The van der Waals surface area contributed by atoms with E-state index in [1.807, 2.05) is 13.8 Å². The molecule has 4 rings (SSSR count). The lowest BCUT2D eigenvalue weighted by Gasteiger charge is -2.36. The Labute approximate surface area is 210 Å². The van der Waals surface area contributed by atoms with Gasteiger partial charge in [-0.2, -0.15) is 4.31 Å². The molecule has 0 radical (unpaired) electrons. The number of hydrogen-bond acceptors (Lipinski definition) is 4. The highest BCUT2D eigenvalue weighted by Crippen LogP contribution is 2.61. The Bertz CT molecular complexity index is 900. The van der Waals surface area contributed by atoms with Crippen molar-refractivity contribution in [3.8, 4) is 0 Å². The van der Waals surface area contributed by atoms with E-state index >= 15 is 0 Å². The lowest BCUT2D eigenvalue weighted by atomic mass is 10.0. The summed E-state index contributed by atoms with van der Waals surface area (Å²) in [5.74, 6) is 3.04. The number of rotatable bonds is 8. The number of halogens is 1. The summed E-state index contributed by atoms with van der Waals surface area (Å²) in [5.41, 5.74) is 3.04. The summed E-state index contributed by atoms with van der Waals surface area (Å²) in [6.07, 6.45) is 1.24. The lowest BCUT2D eigenvalue weighted by molar-refractivity contribution is 0.0904. The molecule has 9 heteroatoms. The lowest BCUT2D eigenvalue weighted by Crippen LogP contribution is -2.54. The van der Waals surface area contributed by atoms with Crippen molar-refractivity contribution in [2.45, 2.75) is 39.2 Å². The first-order valence-corrected chi connectivity index (χ1v) is 13.2. The predicted octanol–water partition coefficient (Wildman–Crippen LogP) is 2.53. The van der Waals surface area contributed by atoms with E-state index in [0.717, 1.165) is 25.0 Å². The molecular weight excluding hydrogens is 539 g/mol. The summed E-state index contributed by atoms with van der Waals surface area (Å²) in [5, 5.41) is 3.41. The van der Waals surface area contributed by atoms with Gasteiger partial charge in [-0.05, 0) is 56.1 Å². The second-order valence-corrected chi connectivity index (χ2v) is 11.2. The fourth-order valence-corrected chi connectivity index (χ4v) is 6.33. The Morgan fingerprint density at radius 2 is 1.94 bits per heavy atom. The minimum Gasteiger partial charge on any atom is -0.378 e. The molecule has 1 aromatic rings. The van der Waals surface area contributed by atoms with Crippen LogP contribution in [0, 0.1) is 11.8 Å². The summed E-state index contributed by atoms with van der Waals surface area (Å²) in [6.45, 7) is 10.1. The Morgan fingerprint density at radius 1 is 1.22 bits per heavy atom. The third-order valence-corrected chi connectivity index (χ3v) is 8.55. The second-order valence-electron chi connectivity index (χ2n) is 9.07. The van der Waals surface area contributed by atoms with Crippen LogP contribution in [0.15, 0.2) is 29.3 Å². The van der Waals surface area contributed by atoms with Crippen molar-refractivity contribution >= 4 is 40.0 Å². The van der Waals surface area contributed by atoms with Crippen LogP contribution in [0.4, 0.5) is 0 Å². The summed E-state index contributed by atoms with van der Waals surface area (Å²) in [4.78, 5) is 7.15. The zero-order valence-corrected chi connectivity index (χ0v) is 22.5. The maximum Gasteiger partial charge on any atom is 0.216 e. The minimum absolute atomic E-state index is 0. The van der Waals surface area contributed by atoms with Gasteiger partial charge in [-0.1, -0.05) is 24.3 Å². The van der Waals surface area contributed by atoms with Crippen LogP contribution in [-0.2, 0) is 21.2 Å². The number of nitrogens with zero attached hydrogens (tertiary/aromatic N) is 3. The molecule has 3 unspecified atom stereocenters. The maximum absolute atomic E-state index is 12.6. The largest absolute Gasteiger partial charge is 0.378 e. The fraction of sp³-hybridized carbons (Fsp3) is 0.696. The van der Waals surface area contributed by atoms with E-state index in [0.29, 0.717) is 38.0 Å². The first kappa shape index (κ1) is 25.7. The molecule has 2 aliphatic carbocycles. The van der Waals surface area contributed by atoms with Gasteiger partial charge in [0.25, 0.3) is 0 Å². The number of fused-ring (bicyclic) bond motifs is 3. The summed E-state index contributed by atoms with van der Waals surface area (Å²) in [7, 11) is -3.27. The van der Waals surface area contributed by atoms with Crippen LogP contribution in [-0.4, -0.2) is 81.3 Å². The van der Waals surface area contributed by atoms with Gasteiger partial charge in [0.1, 0.15) is 0 Å². The summed E-state index contributed by atoms with van der Waals surface area (Å²) < 4.78 is 32.2. The summed E-state index contributed by atoms with van der Waals surface area (Å²) in [6, 6.07) is 8.82. The van der Waals surface area contributed by atoms with Crippen molar-refractivity contribution in [2.24, 2.45) is 16.8 Å². The molecule has 1 heterocycles. The van der Waals surface area contributed by atoms with E-state index in [-0.39, 0.29) is 42.4 Å². The molecule has 0 amide bonds. The third kappa shape index (κ3) is 5.77. The van der Waals surface area contributed by atoms with Crippen molar-refractivity contribution in [2.75, 3.05) is 51.6 Å². The molecule has 0 bridgehead atoms. The van der Waals surface area contributed by atoms with Gasteiger partial charge in [0.2, 0.25) is 10.0 Å². The van der Waals surface area contributed by atoms with E-state index in [1.165, 1.54) is 17.5 Å². The highest BCUT2D eigenvalue weighted by molar-refractivity contribution is 14.0. The standard InChI is InChI=1S/C23H36N4O3S.HI/c1-4-24-23(25-16-21-20-15-18-7-5-6-8-19(18)22(20)21)26-9-11-27(12-10-26)31(28,29)14-13-30-17(2)3;/h5-8,17,20-22H,4,9-16H2,1-3H3,(H,24,25);1H. The molecule has 1 saturated heterocycles. The van der Waals surface area contributed by atoms with Crippen LogP contribution in [0.1, 0.15) is 37.8 Å². The zero-order chi connectivity index (χ0) is 22.0. The van der Waals surface area contributed by atoms with Gasteiger partial charge in [-0.25, -0.2) is 8.42 Å². The molecule has 1 N–H and O–H groups in total. The minimum atomic E-state index is -3.27. The van der Waals surface area contributed by atoms with Gasteiger partial charge in [0, 0.05) is 39.3 Å². The molecule has 1 aliphatic heterocycles. The molecular formula is C23H37IN4O3S. The average molecular weight is 577 g/mol. The molecule has 32 heavy (non-hydrogen) atoms. The quantitative estimate of drug-likeness (QED) is 0.293. The molecule has 1 saturated carbocycles. The Kier molecular flexibility index (Phi) is 8.85.